The highest BCUT2D eigenvalue weighted by Gasteiger charge is 2.21. The molecule has 33 heavy (non-hydrogen) atoms. The van der Waals surface area contributed by atoms with Crippen molar-refractivity contribution in [1.82, 2.24) is 0 Å². The number of fused-ring (bicyclic) bond motifs is 1. The zero-order chi connectivity index (χ0) is 23.5. The van der Waals surface area contributed by atoms with Gasteiger partial charge in [-0.15, -0.1) is 0 Å². The Bertz CT molecular complexity index is 1070. The molecule has 3 rings (SSSR count). The summed E-state index contributed by atoms with van der Waals surface area (Å²) in [5.41, 5.74) is 0.223. The second-order valence-corrected chi connectivity index (χ2v) is 8.18. The Hall–Kier alpha value is -3.34. The van der Waals surface area contributed by atoms with Crippen molar-refractivity contribution in [3.63, 3.8) is 0 Å². The Balaban J connectivity index is 1.64. The van der Waals surface area contributed by atoms with Gasteiger partial charge in [0.2, 0.25) is 0 Å². The lowest BCUT2D eigenvalue weighted by Crippen LogP contribution is -2.14. The number of rotatable bonds is 13. The molecule has 0 aliphatic carbocycles. The number of benzene rings is 3. The molecule has 1 N–H and O–H groups in total. The minimum Gasteiger partial charge on any atom is -0.493 e. The van der Waals surface area contributed by atoms with E-state index in [1.165, 1.54) is 44.6 Å². The summed E-state index contributed by atoms with van der Waals surface area (Å²) in [5, 5.41) is 11.0. The van der Waals surface area contributed by atoms with Gasteiger partial charge in [0.15, 0.2) is 5.75 Å². The highest BCUT2D eigenvalue weighted by Crippen LogP contribution is 2.31. The zero-order valence-electron chi connectivity index (χ0n) is 19.2. The van der Waals surface area contributed by atoms with Crippen LogP contribution in [-0.4, -0.2) is 23.7 Å². The van der Waals surface area contributed by atoms with Crippen molar-refractivity contribution in [3.8, 4) is 11.5 Å². The van der Waals surface area contributed by atoms with Crippen LogP contribution in [0.2, 0.25) is 0 Å². The van der Waals surface area contributed by atoms with Gasteiger partial charge in [-0.3, -0.25) is 0 Å². The van der Waals surface area contributed by atoms with E-state index < -0.39 is 11.9 Å². The number of carbonyl (C=O) groups excluding carboxylic acids is 1. The van der Waals surface area contributed by atoms with Crippen molar-refractivity contribution in [3.05, 3.63) is 71.8 Å². The van der Waals surface area contributed by atoms with Gasteiger partial charge >= 0.3 is 11.9 Å². The maximum absolute atomic E-state index is 13.0. The maximum Gasteiger partial charge on any atom is 0.347 e. The Morgan fingerprint density at radius 1 is 0.758 bits per heavy atom. The minimum absolute atomic E-state index is 0.0449. The van der Waals surface area contributed by atoms with E-state index in [4.69, 9.17) is 9.47 Å². The van der Waals surface area contributed by atoms with Gasteiger partial charge in [0.05, 0.1) is 6.61 Å². The van der Waals surface area contributed by atoms with Gasteiger partial charge in [0.25, 0.3) is 0 Å². The fraction of sp³-hybridized carbons (Fsp3) is 0.357. The number of ether oxygens (including phenoxy) is 2. The summed E-state index contributed by atoms with van der Waals surface area (Å²) in [4.78, 5) is 24.8. The van der Waals surface area contributed by atoms with Crippen molar-refractivity contribution in [2.75, 3.05) is 6.61 Å². The minimum atomic E-state index is -1.15. The highest BCUT2D eigenvalue weighted by molar-refractivity contribution is 6.03. The van der Waals surface area contributed by atoms with Crippen LogP contribution in [-0.2, 0) is 0 Å². The predicted molar refractivity (Wildman–Crippen MR) is 130 cm³/mol. The monoisotopic (exact) mass is 448 g/mol. The highest BCUT2D eigenvalue weighted by atomic mass is 16.5. The van der Waals surface area contributed by atoms with Crippen LogP contribution in [0, 0.1) is 0 Å². The molecule has 0 spiro atoms. The predicted octanol–water partition coefficient (Wildman–Crippen LogP) is 7.28. The van der Waals surface area contributed by atoms with Crippen LogP contribution in [0.15, 0.2) is 60.7 Å². The van der Waals surface area contributed by atoms with E-state index in [2.05, 4.69) is 6.92 Å². The van der Waals surface area contributed by atoms with Crippen LogP contribution in [0.4, 0.5) is 0 Å². The summed E-state index contributed by atoms with van der Waals surface area (Å²) in [7, 11) is 0. The molecule has 0 radical (unpaired) electrons. The third-order valence-corrected chi connectivity index (χ3v) is 5.67. The normalized spacial score (nSPS) is 10.8. The summed E-state index contributed by atoms with van der Waals surface area (Å²) < 4.78 is 11.5. The van der Waals surface area contributed by atoms with E-state index in [0.717, 1.165) is 18.2 Å². The largest absolute Gasteiger partial charge is 0.493 e. The molecular weight excluding hydrogens is 416 g/mol. The SMILES string of the molecule is CCCCCCCCCCOc1ccccc1C(=O)Oc1c(C(=O)O)ccc2ccccc12. The Kier molecular flexibility index (Phi) is 9.31. The molecule has 174 valence electrons. The first-order valence-corrected chi connectivity index (χ1v) is 11.8. The summed E-state index contributed by atoms with van der Waals surface area (Å²) in [6.07, 6.45) is 9.62. The molecule has 0 unspecified atom stereocenters. The third kappa shape index (κ3) is 6.82. The van der Waals surface area contributed by atoms with Crippen molar-refractivity contribution >= 4 is 22.7 Å². The number of aromatic carboxylic acids is 1. The van der Waals surface area contributed by atoms with Crippen molar-refractivity contribution in [2.24, 2.45) is 0 Å². The molecule has 0 heterocycles. The van der Waals surface area contributed by atoms with Gasteiger partial charge in [-0.25, -0.2) is 9.59 Å². The molecule has 0 bridgehead atoms. The molecule has 0 amide bonds. The van der Waals surface area contributed by atoms with Gasteiger partial charge in [0.1, 0.15) is 16.9 Å². The molecule has 0 saturated carbocycles. The lowest BCUT2D eigenvalue weighted by atomic mass is 10.1. The Morgan fingerprint density at radius 3 is 2.18 bits per heavy atom. The smallest absolute Gasteiger partial charge is 0.347 e. The molecule has 0 fully saturated rings. The number of para-hydroxylation sites is 1. The lowest BCUT2D eigenvalue weighted by Gasteiger charge is -2.13. The maximum atomic E-state index is 13.0. The molecule has 5 nitrogen and oxygen atoms in total. The van der Waals surface area contributed by atoms with Crippen LogP contribution in [0.3, 0.4) is 0 Å². The van der Waals surface area contributed by atoms with Crippen LogP contribution in [0.1, 0.15) is 79.0 Å². The molecule has 0 aliphatic heterocycles. The van der Waals surface area contributed by atoms with Crippen molar-refractivity contribution < 1.29 is 24.2 Å². The quantitative estimate of drug-likeness (QED) is 0.169. The Morgan fingerprint density at radius 2 is 1.42 bits per heavy atom. The number of unbranched alkanes of at least 4 members (excludes halogenated alkanes) is 7. The first-order valence-electron chi connectivity index (χ1n) is 11.8. The number of hydrogen-bond acceptors (Lipinski definition) is 4. The van der Waals surface area contributed by atoms with Gasteiger partial charge < -0.3 is 14.6 Å². The fourth-order valence-corrected chi connectivity index (χ4v) is 3.85. The average molecular weight is 449 g/mol. The van der Waals surface area contributed by atoms with Crippen LogP contribution >= 0.6 is 0 Å². The topological polar surface area (TPSA) is 72.8 Å². The van der Waals surface area contributed by atoms with Crippen LogP contribution in [0.5, 0.6) is 11.5 Å². The lowest BCUT2D eigenvalue weighted by molar-refractivity contribution is 0.0682. The standard InChI is InChI=1S/C28H32O5/c1-2-3-4-5-6-7-8-13-20-32-25-17-12-11-16-23(25)28(31)33-26-22-15-10-9-14-21(22)18-19-24(26)27(29)30/h9-12,14-19H,2-8,13,20H2,1H3,(H,29,30). The molecular formula is C28H32O5. The van der Waals surface area contributed by atoms with Gasteiger partial charge in [-0.1, -0.05) is 94.3 Å². The van der Waals surface area contributed by atoms with Crippen molar-refractivity contribution in [1.29, 1.82) is 0 Å². The Labute approximate surface area is 195 Å². The molecule has 0 aliphatic rings. The number of carbonyl (C=O) groups is 2. The molecule has 0 saturated heterocycles. The van der Waals surface area contributed by atoms with E-state index in [1.54, 1.807) is 42.5 Å². The number of esters is 1. The molecule has 3 aromatic carbocycles. The average Bonchev–Trinajstić information content (AvgIpc) is 2.83. The van der Waals surface area contributed by atoms with Crippen LogP contribution < -0.4 is 9.47 Å². The van der Waals surface area contributed by atoms with Crippen molar-refractivity contribution in [2.45, 2.75) is 58.3 Å². The summed E-state index contributed by atoms with van der Waals surface area (Å²) >= 11 is 0. The zero-order valence-corrected chi connectivity index (χ0v) is 19.2. The number of carboxylic acid groups (broad SMARTS) is 1. The van der Waals surface area contributed by atoms with E-state index >= 15 is 0 Å². The summed E-state index contributed by atoms with van der Waals surface area (Å²) in [6, 6.07) is 17.3. The van der Waals surface area contributed by atoms with Gasteiger partial charge in [-0.05, 0) is 30.0 Å². The van der Waals surface area contributed by atoms with Crippen LogP contribution in [0.25, 0.3) is 10.8 Å². The van der Waals surface area contributed by atoms with E-state index in [-0.39, 0.29) is 16.9 Å². The second-order valence-electron chi connectivity index (χ2n) is 8.18. The van der Waals surface area contributed by atoms with E-state index in [0.29, 0.717) is 17.7 Å². The van der Waals surface area contributed by atoms with E-state index in [9.17, 15) is 14.7 Å². The molecule has 5 heteroatoms. The summed E-state index contributed by atoms with van der Waals surface area (Å²) in [6.45, 7) is 2.74. The first-order chi connectivity index (χ1) is 16.1. The fourth-order valence-electron chi connectivity index (χ4n) is 3.85. The third-order valence-electron chi connectivity index (χ3n) is 5.67. The van der Waals surface area contributed by atoms with Gasteiger partial charge in [0, 0.05) is 5.39 Å². The molecule has 0 atom stereocenters. The number of carboxylic acids is 1. The second kappa shape index (κ2) is 12.6. The number of hydrogen-bond donors (Lipinski definition) is 1. The first kappa shape index (κ1) is 24.3. The molecule has 3 aromatic rings. The molecule has 0 aromatic heterocycles. The summed E-state index contributed by atoms with van der Waals surface area (Å²) in [5.74, 6) is -1.30. The van der Waals surface area contributed by atoms with Gasteiger partial charge in [-0.2, -0.15) is 0 Å². The van der Waals surface area contributed by atoms with E-state index in [1.807, 2.05) is 12.1 Å².